The average molecular weight is 492 g/mol. The fraction of sp³-hybridized carbons (Fsp3) is 0.824. The molecule has 9 nitrogen and oxygen atoms in total. The van der Waals surface area contributed by atoms with E-state index in [1.165, 1.54) is 13.8 Å². The highest BCUT2D eigenvalue weighted by Gasteiger charge is 2.65. The summed E-state index contributed by atoms with van der Waals surface area (Å²) < 4.78 is 107. The number of halogens is 5. The van der Waals surface area contributed by atoms with Gasteiger partial charge in [-0.05, 0) is 24.7 Å². The molecule has 1 amide bonds. The van der Waals surface area contributed by atoms with Crippen LogP contribution in [-0.4, -0.2) is 60.5 Å². The van der Waals surface area contributed by atoms with Gasteiger partial charge in [-0.3, -0.25) is 9.59 Å². The molecule has 0 radical (unpaired) electrons. The van der Waals surface area contributed by atoms with Gasteiger partial charge in [0.05, 0.1) is 11.8 Å². The molecule has 2 bridgehead atoms. The Bertz CT molecular complexity index is 918. The van der Waals surface area contributed by atoms with Crippen LogP contribution in [0.2, 0.25) is 0 Å². The Labute approximate surface area is 178 Å². The molecule has 1 N–H and O–H groups in total. The van der Waals surface area contributed by atoms with E-state index in [0.29, 0.717) is 12.8 Å². The molecule has 0 aromatic carbocycles. The Morgan fingerprint density at radius 2 is 1.78 bits per heavy atom. The fourth-order valence-electron chi connectivity index (χ4n) is 4.76. The monoisotopic (exact) mass is 492 g/mol. The number of amides is 1. The zero-order chi connectivity index (χ0) is 24.4. The van der Waals surface area contributed by atoms with Gasteiger partial charge in [-0.25, -0.2) is 13.2 Å². The lowest BCUT2D eigenvalue weighted by Crippen LogP contribution is -2.56. The Morgan fingerprint density at radius 1 is 1.19 bits per heavy atom. The molecule has 1 saturated heterocycles. The van der Waals surface area contributed by atoms with E-state index in [9.17, 15) is 49.3 Å². The van der Waals surface area contributed by atoms with E-state index in [4.69, 9.17) is 4.74 Å². The predicted molar refractivity (Wildman–Crippen MR) is 90.4 cm³/mol. The van der Waals surface area contributed by atoms with Gasteiger partial charge in [-0.2, -0.15) is 22.0 Å². The maximum atomic E-state index is 13.6. The minimum absolute atomic E-state index is 0.191. The Balaban J connectivity index is 1.78. The third-order valence-corrected chi connectivity index (χ3v) is 7.05. The minimum atomic E-state index is -6.85. The lowest BCUT2D eigenvalue weighted by molar-refractivity contribution is -0.260. The molecule has 0 aromatic rings. The van der Waals surface area contributed by atoms with Crippen LogP contribution in [0, 0.1) is 29.6 Å². The number of ether oxygens (including phenoxy) is 2. The maximum absolute atomic E-state index is 13.6. The molecule has 3 rings (SSSR count). The third-order valence-electron chi connectivity index (χ3n) is 6.17. The number of hydrogen-bond donors (Lipinski definition) is 1. The van der Waals surface area contributed by atoms with Crippen LogP contribution < -0.4 is 5.32 Å². The number of fused-ring (bicyclic) bond motifs is 1. The van der Waals surface area contributed by atoms with Crippen LogP contribution in [0.1, 0.15) is 26.7 Å². The number of nitrogens with one attached hydrogen (secondary N) is 1. The molecule has 0 spiro atoms. The van der Waals surface area contributed by atoms with Crippen molar-refractivity contribution < 1.29 is 58.8 Å². The zero-order valence-electron chi connectivity index (χ0n) is 16.6. The SMILES string of the molecule is CC(C)C(NC(=O)C1C2CC3OC(=O)C1C3C2)C(=O)OC(C(F)(F)F)C(F)(F)S(=O)(=O)[O-]. The summed E-state index contributed by atoms with van der Waals surface area (Å²) in [7, 11) is -6.85. The van der Waals surface area contributed by atoms with Crippen LogP contribution in [0.25, 0.3) is 0 Å². The molecule has 32 heavy (non-hydrogen) atoms. The smallest absolute Gasteiger partial charge is 0.432 e. The second kappa shape index (κ2) is 7.78. The van der Waals surface area contributed by atoms with E-state index in [-0.39, 0.29) is 17.9 Å². The third kappa shape index (κ3) is 4.04. The number of rotatable bonds is 7. The summed E-state index contributed by atoms with van der Waals surface area (Å²) in [5.41, 5.74) is 0. The first-order chi connectivity index (χ1) is 14.5. The van der Waals surface area contributed by atoms with Crippen molar-refractivity contribution in [2.24, 2.45) is 29.6 Å². The molecule has 3 aliphatic rings. The summed E-state index contributed by atoms with van der Waals surface area (Å²) in [5, 5.41) is -3.87. The van der Waals surface area contributed by atoms with E-state index in [1.54, 1.807) is 0 Å². The van der Waals surface area contributed by atoms with Crippen molar-refractivity contribution in [2.45, 2.75) is 56.4 Å². The summed E-state index contributed by atoms with van der Waals surface area (Å²) in [6.45, 7) is 2.52. The molecule has 1 heterocycles. The summed E-state index contributed by atoms with van der Waals surface area (Å²) in [6, 6.07) is -1.88. The first-order valence-electron chi connectivity index (χ1n) is 9.58. The standard InChI is InChI=1S/C17H20F5NO8S/c1-5(2)11(14(26)31-15(16(18,19)20)17(21,22)32(27,28)29)23-12(24)9-6-3-7-8(4-6)30-13(25)10(7)9/h5-11,15H,3-4H2,1-2H3,(H,23,24)(H,27,28,29)/p-1. The number of alkyl halides is 5. The van der Waals surface area contributed by atoms with Crippen LogP contribution in [0.15, 0.2) is 0 Å². The Kier molecular flexibility index (Phi) is 5.98. The lowest BCUT2D eigenvalue weighted by atomic mass is 9.79. The predicted octanol–water partition coefficient (Wildman–Crippen LogP) is 0.937. The summed E-state index contributed by atoms with van der Waals surface area (Å²) in [6.07, 6.45) is -10.1. The highest BCUT2D eigenvalue weighted by molar-refractivity contribution is 7.86. The van der Waals surface area contributed by atoms with Crippen molar-refractivity contribution >= 4 is 28.0 Å². The summed E-state index contributed by atoms with van der Waals surface area (Å²) in [4.78, 5) is 37.1. The van der Waals surface area contributed by atoms with E-state index in [2.05, 4.69) is 10.1 Å². The van der Waals surface area contributed by atoms with Gasteiger partial charge in [0.1, 0.15) is 12.1 Å². The first kappa shape index (κ1) is 24.6. The topological polar surface area (TPSA) is 139 Å². The normalized spacial score (nSPS) is 31.4. The molecule has 0 aromatic heterocycles. The van der Waals surface area contributed by atoms with Gasteiger partial charge >= 0.3 is 23.4 Å². The van der Waals surface area contributed by atoms with Crippen molar-refractivity contribution in [2.75, 3.05) is 0 Å². The summed E-state index contributed by atoms with van der Waals surface area (Å²) in [5.74, 6) is -6.58. The van der Waals surface area contributed by atoms with Crippen LogP contribution in [0.3, 0.4) is 0 Å². The number of esters is 2. The Hall–Kier alpha value is -2.03. The maximum Gasteiger partial charge on any atom is 0.432 e. The highest BCUT2D eigenvalue weighted by Crippen LogP contribution is 2.57. The van der Waals surface area contributed by atoms with Gasteiger partial charge < -0.3 is 19.3 Å². The van der Waals surface area contributed by atoms with Gasteiger partial charge in [0.25, 0.3) is 6.10 Å². The quantitative estimate of drug-likeness (QED) is 0.315. The van der Waals surface area contributed by atoms with Gasteiger partial charge in [0, 0.05) is 5.92 Å². The molecule has 182 valence electrons. The van der Waals surface area contributed by atoms with Crippen molar-refractivity contribution in [1.29, 1.82) is 0 Å². The highest BCUT2D eigenvalue weighted by atomic mass is 32.2. The van der Waals surface area contributed by atoms with E-state index >= 15 is 0 Å². The second-order valence-corrected chi connectivity index (χ2v) is 9.98. The van der Waals surface area contributed by atoms with Gasteiger partial charge in [0.2, 0.25) is 5.91 Å². The number of carbonyl (C=O) groups is 3. The van der Waals surface area contributed by atoms with Gasteiger partial charge in [-0.15, -0.1) is 0 Å². The van der Waals surface area contributed by atoms with E-state index in [1.807, 2.05) is 0 Å². The van der Waals surface area contributed by atoms with Crippen LogP contribution >= 0.6 is 0 Å². The van der Waals surface area contributed by atoms with Crippen molar-refractivity contribution in [3.63, 3.8) is 0 Å². The fourth-order valence-corrected chi connectivity index (χ4v) is 5.20. The summed E-state index contributed by atoms with van der Waals surface area (Å²) >= 11 is 0. The van der Waals surface area contributed by atoms with Gasteiger partial charge in [-0.1, -0.05) is 13.8 Å². The minimum Gasteiger partial charge on any atom is -0.743 e. The number of hydrogen-bond acceptors (Lipinski definition) is 8. The Morgan fingerprint density at radius 3 is 2.28 bits per heavy atom. The molecule has 2 aliphatic carbocycles. The average Bonchev–Trinajstić information content (AvgIpc) is 3.23. The van der Waals surface area contributed by atoms with E-state index < -0.39 is 69.3 Å². The van der Waals surface area contributed by atoms with E-state index in [0.717, 1.165) is 0 Å². The number of carbonyl (C=O) groups excluding carboxylic acids is 3. The molecule has 2 saturated carbocycles. The molecular weight excluding hydrogens is 473 g/mol. The molecule has 3 fully saturated rings. The molecule has 15 heteroatoms. The van der Waals surface area contributed by atoms with Crippen LogP contribution in [0.5, 0.6) is 0 Å². The molecular formula is C17H19F5NO8S-. The molecule has 7 atom stereocenters. The first-order valence-corrected chi connectivity index (χ1v) is 11.0. The van der Waals surface area contributed by atoms with Crippen LogP contribution in [0.4, 0.5) is 22.0 Å². The largest absolute Gasteiger partial charge is 0.743 e. The second-order valence-electron chi connectivity index (χ2n) is 8.53. The molecule has 7 unspecified atom stereocenters. The van der Waals surface area contributed by atoms with Crippen molar-refractivity contribution in [3.8, 4) is 0 Å². The molecule has 1 aliphatic heterocycles. The van der Waals surface area contributed by atoms with Crippen molar-refractivity contribution in [3.05, 3.63) is 0 Å². The zero-order valence-corrected chi connectivity index (χ0v) is 17.4. The lowest BCUT2D eigenvalue weighted by Gasteiger charge is -2.32. The van der Waals surface area contributed by atoms with Crippen molar-refractivity contribution in [1.82, 2.24) is 5.32 Å². The van der Waals surface area contributed by atoms with Crippen LogP contribution in [-0.2, 0) is 34.0 Å². The van der Waals surface area contributed by atoms with Gasteiger partial charge in [0.15, 0.2) is 10.1 Å².